The van der Waals surface area contributed by atoms with E-state index in [1.807, 2.05) is 48.9 Å². The molecule has 0 unspecified atom stereocenters. The molecule has 3 rings (SSSR count). The fourth-order valence-corrected chi connectivity index (χ4v) is 4.35. The first-order valence-electron chi connectivity index (χ1n) is 9.64. The number of aromatic nitrogens is 4. The SMILES string of the molecule is C=CCn1c(SCC(=O)Nc2nc(C)cs2)nnc1[C@H](C)NC(=O)c1ccccc1C. The molecule has 3 aromatic rings. The largest absolute Gasteiger partial charge is 0.342 e. The third-order valence-electron chi connectivity index (χ3n) is 4.38. The van der Waals surface area contributed by atoms with E-state index in [9.17, 15) is 9.59 Å². The number of thioether (sulfide) groups is 1. The summed E-state index contributed by atoms with van der Waals surface area (Å²) in [5.74, 6) is 0.416. The molecule has 0 saturated carbocycles. The number of anilines is 1. The van der Waals surface area contributed by atoms with Gasteiger partial charge in [0, 0.05) is 17.5 Å². The topological polar surface area (TPSA) is 102 Å². The Morgan fingerprint density at radius 3 is 2.74 bits per heavy atom. The van der Waals surface area contributed by atoms with Crippen LogP contribution in [0.3, 0.4) is 0 Å². The van der Waals surface area contributed by atoms with Gasteiger partial charge in [-0.05, 0) is 32.4 Å². The number of amides is 2. The number of hydrogen-bond donors (Lipinski definition) is 2. The lowest BCUT2D eigenvalue weighted by Crippen LogP contribution is -2.29. The van der Waals surface area contributed by atoms with Gasteiger partial charge in [0.05, 0.1) is 17.5 Å². The summed E-state index contributed by atoms with van der Waals surface area (Å²) >= 11 is 2.66. The molecule has 8 nitrogen and oxygen atoms in total. The molecule has 0 spiro atoms. The predicted molar refractivity (Wildman–Crippen MR) is 123 cm³/mol. The third-order valence-corrected chi connectivity index (χ3v) is 6.22. The van der Waals surface area contributed by atoms with Gasteiger partial charge in [0.15, 0.2) is 16.1 Å². The number of hydrogen-bond acceptors (Lipinski definition) is 7. The minimum atomic E-state index is -0.374. The number of benzene rings is 1. The van der Waals surface area contributed by atoms with Crippen LogP contribution < -0.4 is 10.6 Å². The maximum Gasteiger partial charge on any atom is 0.252 e. The van der Waals surface area contributed by atoms with Gasteiger partial charge < -0.3 is 15.2 Å². The highest BCUT2D eigenvalue weighted by atomic mass is 32.2. The first-order valence-corrected chi connectivity index (χ1v) is 11.5. The van der Waals surface area contributed by atoms with Crippen molar-refractivity contribution in [3.63, 3.8) is 0 Å². The zero-order valence-corrected chi connectivity index (χ0v) is 19.2. The normalized spacial score (nSPS) is 11.7. The minimum absolute atomic E-state index is 0.165. The number of rotatable bonds is 9. The predicted octanol–water partition coefficient (Wildman–Crippen LogP) is 3.76. The molecular weight excluding hydrogens is 432 g/mol. The zero-order valence-electron chi connectivity index (χ0n) is 17.6. The van der Waals surface area contributed by atoms with E-state index >= 15 is 0 Å². The average molecular weight is 457 g/mol. The lowest BCUT2D eigenvalue weighted by molar-refractivity contribution is -0.113. The summed E-state index contributed by atoms with van der Waals surface area (Å²) in [4.78, 5) is 29.1. The number of nitrogens with one attached hydrogen (secondary N) is 2. The van der Waals surface area contributed by atoms with Crippen molar-refractivity contribution in [1.82, 2.24) is 25.1 Å². The minimum Gasteiger partial charge on any atom is -0.342 e. The van der Waals surface area contributed by atoms with Gasteiger partial charge in [0.2, 0.25) is 5.91 Å². The highest BCUT2D eigenvalue weighted by Crippen LogP contribution is 2.22. The van der Waals surface area contributed by atoms with Crippen LogP contribution in [0.5, 0.6) is 0 Å². The lowest BCUT2D eigenvalue weighted by Gasteiger charge is -2.16. The Bertz CT molecular complexity index is 1090. The molecule has 0 aliphatic carbocycles. The van der Waals surface area contributed by atoms with E-state index in [-0.39, 0.29) is 23.6 Å². The molecule has 0 aliphatic rings. The van der Waals surface area contributed by atoms with Gasteiger partial charge in [-0.25, -0.2) is 4.98 Å². The molecular formula is C21H24N6O2S2. The van der Waals surface area contributed by atoms with Crippen molar-refractivity contribution in [3.8, 4) is 0 Å². The first kappa shape index (κ1) is 22.7. The fraction of sp³-hybridized carbons (Fsp3) is 0.286. The van der Waals surface area contributed by atoms with Gasteiger partial charge in [0.1, 0.15) is 0 Å². The van der Waals surface area contributed by atoms with Crippen LogP contribution >= 0.6 is 23.1 Å². The van der Waals surface area contributed by atoms with E-state index in [1.54, 1.807) is 12.1 Å². The Balaban J connectivity index is 1.67. The number of nitrogens with zero attached hydrogens (tertiary/aromatic N) is 4. The maximum absolute atomic E-state index is 12.7. The Morgan fingerprint density at radius 1 is 1.29 bits per heavy atom. The van der Waals surface area contributed by atoms with Crippen molar-refractivity contribution in [3.05, 3.63) is 64.9 Å². The van der Waals surface area contributed by atoms with Crippen LogP contribution in [0.2, 0.25) is 0 Å². The molecule has 0 radical (unpaired) electrons. The second-order valence-electron chi connectivity index (χ2n) is 6.88. The summed E-state index contributed by atoms with van der Waals surface area (Å²) in [5, 5.41) is 17.3. The highest BCUT2D eigenvalue weighted by molar-refractivity contribution is 7.99. The molecule has 0 saturated heterocycles. The summed E-state index contributed by atoms with van der Waals surface area (Å²) in [6.07, 6.45) is 1.73. The zero-order chi connectivity index (χ0) is 22.4. The van der Waals surface area contributed by atoms with Crippen LogP contribution in [0.4, 0.5) is 5.13 Å². The molecule has 1 aromatic carbocycles. The van der Waals surface area contributed by atoms with Crippen LogP contribution in [0.15, 0.2) is 47.5 Å². The van der Waals surface area contributed by atoms with Crippen LogP contribution in [-0.2, 0) is 11.3 Å². The Kier molecular flexibility index (Phi) is 7.59. The van der Waals surface area contributed by atoms with E-state index in [4.69, 9.17) is 0 Å². The molecule has 1 atom stereocenters. The molecule has 2 aromatic heterocycles. The summed E-state index contributed by atoms with van der Waals surface area (Å²) in [6, 6.07) is 7.04. The molecule has 31 heavy (non-hydrogen) atoms. The van der Waals surface area contributed by atoms with Gasteiger partial charge in [-0.15, -0.1) is 28.1 Å². The van der Waals surface area contributed by atoms with E-state index in [2.05, 4.69) is 32.4 Å². The number of aryl methyl sites for hydroxylation is 2. The molecule has 0 fully saturated rings. The maximum atomic E-state index is 12.7. The van der Waals surface area contributed by atoms with Gasteiger partial charge in [-0.3, -0.25) is 9.59 Å². The second-order valence-corrected chi connectivity index (χ2v) is 8.68. The number of allylic oxidation sites excluding steroid dienone is 1. The quantitative estimate of drug-likeness (QED) is 0.375. The Hall–Kier alpha value is -2.98. The Labute approximate surface area is 189 Å². The number of carbonyl (C=O) groups excluding carboxylic acids is 2. The van der Waals surface area contributed by atoms with Crippen LogP contribution in [0.1, 0.15) is 40.4 Å². The molecule has 10 heteroatoms. The van der Waals surface area contributed by atoms with Crippen molar-refractivity contribution in [2.45, 2.75) is 38.5 Å². The standard InChI is InChI=1S/C21H24N6O2S2/c1-5-10-27-18(15(4)23-19(29)16-9-7-6-8-13(16)2)25-26-21(27)31-12-17(28)24-20-22-14(3)11-30-20/h5-9,11,15H,1,10,12H2,2-4H3,(H,23,29)(H,22,24,28)/t15-/m0/s1. The van der Waals surface area contributed by atoms with Gasteiger partial charge in [-0.1, -0.05) is 36.0 Å². The third kappa shape index (κ3) is 5.80. The van der Waals surface area contributed by atoms with Crippen molar-refractivity contribution < 1.29 is 9.59 Å². The summed E-state index contributed by atoms with van der Waals surface area (Å²) in [7, 11) is 0. The van der Waals surface area contributed by atoms with Gasteiger partial charge in [-0.2, -0.15) is 0 Å². The second kappa shape index (κ2) is 10.4. The molecule has 162 valence electrons. The monoisotopic (exact) mass is 456 g/mol. The summed E-state index contributed by atoms with van der Waals surface area (Å²) < 4.78 is 1.85. The van der Waals surface area contributed by atoms with Crippen molar-refractivity contribution >= 4 is 40.0 Å². The number of thiazole rings is 1. The van der Waals surface area contributed by atoms with Crippen LogP contribution in [-0.4, -0.2) is 37.3 Å². The lowest BCUT2D eigenvalue weighted by atomic mass is 10.1. The van der Waals surface area contributed by atoms with Crippen molar-refractivity contribution in [2.24, 2.45) is 0 Å². The van der Waals surface area contributed by atoms with Gasteiger partial charge >= 0.3 is 0 Å². The van der Waals surface area contributed by atoms with E-state index in [1.165, 1.54) is 23.1 Å². The molecule has 2 amide bonds. The highest BCUT2D eigenvalue weighted by Gasteiger charge is 2.21. The molecule has 2 N–H and O–H groups in total. The number of carbonyl (C=O) groups is 2. The van der Waals surface area contributed by atoms with Crippen molar-refractivity contribution in [1.29, 1.82) is 0 Å². The smallest absolute Gasteiger partial charge is 0.252 e. The Morgan fingerprint density at radius 2 is 2.06 bits per heavy atom. The van der Waals surface area contributed by atoms with E-state index < -0.39 is 0 Å². The molecule has 0 aliphatic heterocycles. The summed E-state index contributed by atoms with van der Waals surface area (Å²) in [5.41, 5.74) is 2.38. The first-order chi connectivity index (χ1) is 14.9. The van der Waals surface area contributed by atoms with Crippen molar-refractivity contribution in [2.75, 3.05) is 11.1 Å². The van der Waals surface area contributed by atoms with E-state index in [0.29, 0.717) is 28.2 Å². The fourth-order valence-electron chi connectivity index (χ4n) is 2.89. The molecule has 0 bridgehead atoms. The average Bonchev–Trinajstić information content (AvgIpc) is 3.32. The molecule has 2 heterocycles. The van der Waals surface area contributed by atoms with E-state index in [0.717, 1.165) is 11.3 Å². The van der Waals surface area contributed by atoms with Crippen LogP contribution in [0.25, 0.3) is 0 Å². The van der Waals surface area contributed by atoms with Gasteiger partial charge in [0.25, 0.3) is 5.91 Å². The summed E-state index contributed by atoms with van der Waals surface area (Å²) in [6.45, 7) is 9.87. The van der Waals surface area contributed by atoms with Crippen LogP contribution in [0, 0.1) is 13.8 Å².